The third kappa shape index (κ3) is 4.04. The number of hydrogen-bond donors (Lipinski definition) is 4. The zero-order valence-corrected chi connectivity index (χ0v) is 19.7. The smallest absolute Gasteiger partial charge is 0.261 e. The van der Waals surface area contributed by atoms with Gasteiger partial charge in [0.05, 0.1) is 34.5 Å². The van der Waals surface area contributed by atoms with Gasteiger partial charge in [-0.1, -0.05) is 12.1 Å². The molecule has 7 rings (SSSR count). The molecule has 0 saturated carbocycles. The minimum atomic E-state index is -0.381. The van der Waals surface area contributed by atoms with Gasteiger partial charge >= 0.3 is 0 Å². The minimum Gasteiger partial charge on any atom is -0.383 e. The van der Waals surface area contributed by atoms with Crippen molar-refractivity contribution in [3.8, 4) is 11.4 Å². The van der Waals surface area contributed by atoms with E-state index in [9.17, 15) is 4.79 Å². The lowest BCUT2D eigenvalue weighted by Gasteiger charge is -2.45. The van der Waals surface area contributed by atoms with Crippen molar-refractivity contribution in [2.45, 2.75) is 18.9 Å². The molecule has 182 valence electrons. The van der Waals surface area contributed by atoms with Crippen LogP contribution in [-0.4, -0.2) is 65.8 Å². The first-order valence-corrected chi connectivity index (χ1v) is 12.2. The molecule has 0 spiro atoms. The van der Waals surface area contributed by atoms with Crippen molar-refractivity contribution in [2.24, 2.45) is 5.92 Å². The summed E-state index contributed by atoms with van der Waals surface area (Å²) < 4.78 is 20.3. The number of aromatic amines is 2. The van der Waals surface area contributed by atoms with Gasteiger partial charge in [-0.05, 0) is 56.1 Å². The number of rotatable bonds is 7. The fourth-order valence-electron chi connectivity index (χ4n) is 5.50. The molecule has 0 unspecified atom stereocenters. The summed E-state index contributed by atoms with van der Waals surface area (Å²) in [6, 6.07) is 11.0. The van der Waals surface area contributed by atoms with Crippen LogP contribution in [-0.2, 0) is 4.74 Å². The van der Waals surface area contributed by atoms with Crippen molar-refractivity contribution < 1.29 is 9.13 Å². The molecule has 4 N–H and O–H groups in total. The number of methoxy groups -OCH3 is 1. The monoisotopic (exact) mass is 476 g/mol. The Morgan fingerprint density at radius 2 is 2.00 bits per heavy atom. The molecule has 1 atom stereocenters. The molecule has 3 aliphatic rings. The molecule has 2 aromatic carbocycles. The number of anilines is 2. The summed E-state index contributed by atoms with van der Waals surface area (Å²) in [5.41, 5.74) is 3.29. The van der Waals surface area contributed by atoms with Crippen LogP contribution in [0.2, 0.25) is 0 Å². The molecule has 4 aromatic rings. The number of nitrogens with one attached hydrogen (secondary N) is 4. The first-order valence-electron chi connectivity index (χ1n) is 12.2. The summed E-state index contributed by atoms with van der Waals surface area (Å²) in [5, 5.41) is 7.35. The molecule has 2 aromatic heterocycles. The lowest BCUT2D eigenvalue weighted by molar-refractivity contribution is 0.0976. The number of halogens is 1. The Kier molecular flexibility index (Phi) is 5.66. The average molecular weight is 477 g/mol. The lowest BCUT2D eigenvalue weighted by Crippen LogP contribution is -2.53. The van der Waals surface area contributed by atoms with E-state index in [0.29, 0.717) is 52.7 Å². The van der Waals surface area contributed by atoms with Crippen molar-refractivity contribution in [3.63, 3.8) is 0 Å². The second-order valence-corrected chi connectivity index (χ2v) is 9.49. The van der Waals surface area contributed by atoms with E-state index in [2.05, 4.69) is 25.5 Å². The second-order valence-electron chi connectivity index (χ2n) is 9.49. The maximum atomic E-state index is 15.2. The summed E-state index contributed by atoms with van der Waals surface area (Å²) in [5.74, 6) is 0.617. The number of benzene rings is 2. The summed E-state index contributed by atoms with van der Waals surface area (Å²) in [6.07, 6.45) is 2.25. The SMILES string of the molecule is COCCNc1cc2[nH]c(=O)c(-c3nc4ccccc4[nH]3)c(N[C@H]3CN4CCC3CC4)c2cc1F. The molecule has 0 amide bonds. The third-order valence-corrected chi connectivity index (χ3v) is 7.34. The zero-order chi connectivity index (χ0) is 23.9. The molecule has 35 heavy (non-hydrogen) atoms. The molecule has 0 aliphatic carbocycles. The highest BCUT2D eigenvalue weighted by atomic mass is 19.1. The largest absolute Gasteiger partial charge is 0.383 e. The summed E-state index contributed by atoms with van der Waals surface area (Å²) >= 11 is 0. The van der Waals surface area contributed by atoms with E-state index in [-0.39, 0.29) is 17.4 Å². The van der Waals surface area contributed by atoms with Crippen LogP contribution >= 0.6 is 0 Å². The first kappa shape index (κ1) is 22.1. The summed E-state index contributed by atoms with van der Waals surface area (Å²) in [4.78, 5) is 26.9. The molecule has 9 heteroatoms. The normalized spacial score (nSPS) is 21.6. The van der Waals surface area contributed by atoms with Crippen LogP contribution in [0.3, 0.4) is 0 Å². The fourth-order valence-corrected chi connectivity index (χ4v) is 5.50. The predicted octanol–water partition coefficient (Wildman–Crippen LogP) is 3.77. The third-order valence-electron chi connectivity index (χ3n) is 7.34. The maximum Gasteiger partial charge on any atom is 0.261 e. The van der Waals surface area contributed by atoms with Crippen LogP contribution in [0.15, 0.2) is 41.2 Å². The van der Waals surface area contributed by atoms with Crippen molar-refractivity contribution in [1.82, 2.24) is 19.9 Å². The zero-order valence-electron chi connectivity index (χ0n) is 19.7. The predicted molar refractivity (Wildman–Crippen MR) is 137 cm³/mol. The van der Waals surface area contributed by atoms with Crippen molar-refractivity contribution >= 4 is 33.3 Å². The highest BCUT2D eigenvalue weighted by Crippen LogP contribution is 2.37. The molecule has 2 bridgehead atoms. The van der Waals surface area contributed by atoms with Gasteiger partial charge in [0.15, 0.2) is 0 Å². The van der Waals surface area contributed by atoms with Gasteiger partial charge in [-0.25, -0.2) is 9.37 Å². The highest BCUT2D eigenvalue weighted by molar-refractivity contribution is 6.00. The number of aromatic nitrogens is 3. The van der Waals surface area contributed by atoms with E-state index < -0.39 is 0 Å². The molecule has 3 fully saturated rings. The standard InChI is InChI=1S/C26H29FN6O2/c1-35-11-8-28-21-13-20-16(12-17(21)27)24(29-22-14-33-9-6-15(22)7-10-33)23(26(34)32-20)25-30-18-4-2-3-5-19(18)31-25/h2-5,12-13,15,22,28H,6-11,14H2,1H3,(H,30,31)(H2,29,32,34)/t22-/m0/s1. The van der Waals surface area contributed by atoms with Gasteiger partial charge < -0.3 is 30.2 Å². The van der Waals surface area contributed by atoms with Crippen molar-refractivity contribution in [2.75, 3.05) is 50.5 Å². The Morgan fingerprint density at radius 3 is 2.74 bits per heavy atom. The Hall–Kier alpha value is -3.43. The molecule has 5 heterocycles. The minimum absolute atomic E-state index is 0.188. The number of imidazole rings is 1. The van der Waals surface area contributed by atoms with Gasteiger partial charge in [0.1, 0.15) is 17.2 Å². The summed E-state index contributed by atoms with van der Waals surface area (Å²) in [6.45, 7) is 4.05. The number of para-hydroxylation sites is 2. The van der Waals surface area contributed by atoms with Crippen LogP contribution in [0.1, 0.15) is 12.8 Å². The Labute approximate surface area is 201 Å². The molecular formula is C26H29FN6O2. The number of hydrogen-bond acceptors (Lipinski definition) is 6. The van der Waals surface area contributed by atoms with E-state index >= 15 is 4.39 Å². The number of ether oxygens (including phenoxy) is 1. The van der Waals surface area contributed by atoms with Crippen LogP contribution < -0.4 is 16.2 Å². The van der Waals surface area contributed by atoms with Gasteiger partial charge in [0, 0.05) is 31.6 Å². The van der Waals surface area contributed by atoms with Crippen molar-refractivity contribution in [3.05, 3.63) is 52.6 Å². The Bertz CT molecular complexity index is 1410. The average Bonchev–Trinajstić information content (AvgIpc) is 3.29. The molecule has 0 radical (unpaired) electrons. The first-order chi connectivity index (χ1) is 17.1. The number of nitrogens with zero attached hydrogens (tertiary/aromatic N) is 2. The van der Waals surface area contributed by atoms with E-state index in [1.165, 1.54) is 6.07 Å². The second kappa shape index (κ2) is 8.98. The van der Waals surface area contributed by atoms with Crippen LogP contribution in [0.5, 0.6) is 0 Å². The number of H-pyrrole nitrogens is 2. The van der Waals surface area contributed by atoms with Gasteiger partial charge in [-0.15, -0.1) is 0 Å². The van der Waals surface area contributed by atoms with Gasteiger partial charge in [0.2, 0.25) is 0 Å². The van der Waals surface area contributed by atoms with Crippen LogP contribution in [0, 0.1) is 11.7 Å². The molecule has 3 saturated heterocycles. The van der Waals surface area contributed by atoms with Gasteiger partial charge in [-0.2, -0.15) is 0 Å². The Balaban J connectivity index is 1.50. The van der Waals surface area contributed by atoms with E-state index in [4.69, 9.17) is 9.72 Å². The van der Waals surface area contributed by atoms with Crippen LogP contribution in [0.25, 0.3) is 33.3 Å². The number of pyridine rings is 1. The van der Waals surface area contributed by atoms with Crippen molar-refractivity contribution in [1.29, 1.82) is 0 Å². The topological polar surface area (TPSA) is 98.1 Å². The van der Waals surface area contributed by atoms with E-state index in [1.807, 2.05) is 24.3 Å². The van der Waals surface area contributed by atoms with E-state index in [1.54, 1.807) is 13.2 Å². The summed E-state index contributed by atoms with van der Waals surface area (Å²) in [7, 11) is 1.60. The van der Waals surface area contributed by atoms with Gasteiger partial charge in [-0.3, -0.25) is 4.79 Å². The van der Waals surface area contributed by atoms with Crippen LogP contribution in [0.4, 0.5) is 15.8 Å². The molecule has 8 nitrogen and oxygen atoms in total. The molecular weight excluding hydrogens is 447 g/mol. The highest BCUT2D eigenvalue weighted by Gasteiger charge is 2.35. The quantitative estimate of drug-likeness (QED) is 0.303. The van der Waals surface area contributed by atoms with E-state index in [0.717, 1.165) is 43.5 Å². The Morgan fingerprint density at radius 1 is 1.17 bits per heavy atom. The lowest BCUT2D eigenvalue weighted by atomic mass is 9.83. The fraction of sp³-hybridized carbons (Fsp3) is 0.385. The van der Waals surface area contributed by atoms with Gasteiger partial charge in [0.25, 0.3) is 5.56 Å². The molecule has 3 aliphatic heterocycles. The number of fused-ring (bicyclic) bond motifs is 5. The maximum absolute atomic E-state index is 15.2. The number of piperidine rings is 3.